The highest BCUT2D eigenvalue weighted by atomic mass is 19.1. The predicted molar refractivity (Wildman–Crippen MR) is 73.4 cm³/mol. The Bertz CT molecular complexity index is 473. The van der Waals surface area contributed by atoms with Gasteiger partial charge in [-0.15, -0.1) is 0 Å². The largest absolute Gasteiger partial charge is 0.494 e. The number of ether oxygens (including phenoxy) is 1. The number of piperidine rings is 1. The number of likely N-dealkylation sites (tertiary alicyclic amines) is 1. The molecule has 0 unspecified atom stereocenters. The Balaban J connectivity index is 1.93. The van der Waals surface area contributed by atoms with E-state index in [4.69, 9.17) is 9.84 Å². The summed E-state index contributed by atoms with van der Waals surface area (Å²) < 4.78 is 18.3. The van der Waals surface area contributed by atoms with Crippen molar-refractivity contribution in [2.45, 2.75) is 12.8 Å². The number of halogens is 1. The van der Waals surface area contributed by atoms with Crippen LogP contribution >= 0.6 is 0 Å². The van der Waals surface area contributed by atoms with Gasteiger partial charge in [-0.05, 0) is 30.9 Å². The maximum Gasteiger partial charge on any atom is 0.321 e. The molecular formula is C14H19FN2O3. The predicted octanol–water partition coefficient (Wildman–Crippen LogP) is 2.07. The van der Waals surface area contributed by atoms with Crippen molar-refractivity contribution in [1.29, 1.82) is 0 Å². The van der Waals surface area contributed by atoms with Gasteiger partial charge in [0.15, 0.2) is 11.6 Å². The van der Waals surface area contributed by atoms with Gasteiger partial charge in [-0.1, -0.05) is 0 Å². The first-order chi connectivity index (χ1) is 9.63. The van der Waals surface area contributed by atoms with Gasteiger partial charge in [-0.25, -0.2) is 9.18 Å². The van der Waals surface area contributed by atoms with Crippen molar-refractivity contribution < 1.29 is 19.0 Å². The van der Waals surface area contributed by atoms with Gasteiger partial charge >= 0.3 is 6.03 Å². The molecule has 6 heteroatoms. The first-order valence-electron chi connectivity index (χ1n) is 6.64. The highest BCUT2D eigenvalue weighted by molar-refractivity contribution is 5.89. The van der Waals surface area contributed by atoms with Crippen LogP contribution in [-0.2, 0) is 0 Å². The van der Waals surface area contributed by atoms with Crippen molar-refractivity contribution in [2.75, 3.05) is 32.1 Å². The van der Waals surface area contributed by atoms with Crippen LogP contribution in [0.3, 0.4) is 0 Å². The number of methoxy groups -OCH3 is 1. The lowest BCUT2D eigenvalue weighted by molar-refractivity contribution is 0.143. The van der Waals surface area contributed by atoms with E-state index in [1.165, 1.54) is 19.2 Å². The average molecular weight is 282 g/mol. The number of anilines is 1. The van der Waals surface area contributed by atoms with Gasteiger partial charge in [0.2, 0.25) is 0 Å². The zero-order chi connectivity index (χ0) is 14.5. The Hall–Kier alpha value is -1.82. The van der Waals surface area contributed by atoms with Crippen LogP contribution in [0.5, 0.6) is 5.75 Å². The van der Waals surface area contributed by atoms with E-state index in [9.17, 15) is 9.18 Å². The van der Waals surface area contributed by atoms with E-state index in [0.717, 1.165) is 12.8 Å². The molecule has 0 atom stereocenters. The summed E-state index contributed by atoms with van der Waals surface area (Å²) in [4.78, 5) is 13.7. The standard InChI is InChI=1S/C14H19FN2O3/c1-20-13-3-2-11(8-12(13)15)16-14(19)17-6-4-10(9-18)5-7-17/h2-3,8,10,18H,4-7,9H2,1H3,(H,16,19). The van der Waals surface area contributed by atoms with Crippen LogP contribution in [0.15, 0.2) is 18.2 Å². The van der Waals surface area contributed by atoms with Gasteiger partial charge in [0.25, 0.3) is 0 Å². The SMILES string of the molecule is COc1ccc(NC(=O)N2CCC(CO)CC2)cc1F. The highest BCUT2D eigenvalue weighted by Crippen LogP contribution is 2.22. The number of aliphatic hydroxyl groups excluding tert-OH is 1. The summed E-state index contributed by atoms with van der Waals surface area (Å²) in [7, 11) is 1.39. The average Bonchev–Trinajstić information content (AvgIpc) is 2.47. The summed E-state index contributed by atoms with van der Waals surface area (Å²) in [6, 6.07) is 4.06. The molecule has 1 saturated heterocycles. The number of hydrogen-bond acceptors (Lipinski definition) is 3. The third-order valence-corrected chi connectivity index (χ3v) is 3.56. The lowest BCUT2D eigenvalue weighted by Gasteiger charge is -2.31. The maximum atomic E-state index is 13.5. The van der Waals surface area contributed by atoms with Crippen molar-refractivity contribution in [3.05, 3.63) is 24.0 Å². The fourth-order valence-corrected chi connectivity index (χ4v) is 2.27. The molecular weight excluding hydrogens is 263 g/mol. The topological polar surface area (TPSA) is 61.8 Å². The van der Waals surface area contributed by atoms with E-state index in [2.05, 4.69) is 5.32 Å². The maximum absolute atomic E-state index is 13.5. The number of urea groups is 1. The van der Waals surface area contributed by atoms with Crippen molar-refractivity contribution in [3.63, 3.8) is 0 Å². The van der Waals surface area contributed by atoms with Gasteiger partial charge < -0.3 is 20.1 Å². The van der Waals surface area contributed by atoms with Gasteiger partial charge in [-0.3, -0.25) is 0 Å². The van der Waals surface area contributed by atoms with Gasteiger partial charge in [0.05, 0.1) is 7.11 Å². The molecule has 1 aliphatic heterocycles. The summed E-state index contributed by atoms with van der Waals surface area (Å²) in [5, 5.41) is 11.7. The van der Waals surface area contributed by atoms with Crippen LogP contribution in [0.1, 0.15) is 12.8 Å². The molecule has 0 bridgehead atoms. The number of amides is 2. The minimum absolute atomic E-state index is 0.145. The summed E-state index contributed by atoms with van der Waals surface area (Å²) in [6.07, 6.45) is 1.59. The molecule has 0 spiro atoms. The van der Waals surface area contributed by atoms with E-state index in [0.29, 0.717) is 18.8 Å². The molecule has 110 valence electrons. The second kappa shape index (κ2) is 6.56. The number of carbonyl (C=O) groups excluding carboxylic acids is 1. The molecule has 2 rings (SSSR count). The smallest absolute Gasteiger partial charge is 0.321 e. The molecule has 5 nitrogen and oxygen atoms in total. The minimum atomic E-state index is -0.510. The second-order valence-electron chi connectivity index (χ2n) is 4.89. The highest BCUT2D eigenvalue weighted by Gasteiger charge is 2.22. The third kappa shape index (κ3) is 3.39. The third-order valence-electron chi connectivity index (χ3n) is 3.56. The van der Waals surface area contributed by atoms with Crippen LogP contribution in [0.2, 0.25) is 0 Å². The first kappa shape index (κ1) is 14.6. The van der Waals surface area contributed by atoms with Crippen molar-refractivity contribution in [1.82, 2.24) is 4.90 Å². The lowest BCUT2D eigenvalue weighted by atomic mass is 9.98. The number of aliphatic hydroxyl groups is 1. The van der Waals surface area contributed by atoms with Crippen molar-refractivity contribution >= 4 is 11.7 Å². The van der Waals surface area contributed by atoms with E-state index in [1.54, 1.807) is 11.0 Å². The molecule has 1 fully saturated rings. The molecule has 1 aromatic rings. The van der Waals surface area contributed by atoms with E-state index >= 15 is 0 Å². The Kier molecular flexibility index (Phi) is 4.79. The molecule has 1 aromatic carbocycles. The summed E-state index contributed by atoms with van der Waals surface area (Å²) in [5.41, 5.74) is 0.401. The lowest BCUT2D eigenvalue weighted by Crippen LogP contribution is -2.41. The van der Waals surface area contributed by atoms with E-state index in [1.807, 2.05) is 0 Å². The van der Waals surface area contributed by atoms with E-state index < -0.39 is 5.82 Å². The van der Waals surface area contributed by atoms with Gasteiger partial charge in [0.1, 0.15) is 0 Å². The number of nitrogens with zero attached hydrogens (tertiary/aromatic N) is 1. The Labute approximate surface area is 117 Å². The quantitative estimate of drug-likeness (QED) is 0.892. The van der Waals surface area contributed by atoms with Gasteiger partial charge in [-0.2, -0.15) is 0 Å². The Morgan fingerprint density at radius 1 is 1.50 bits per heavy atom. The van der Waals surface area contributed by atoms with E-state index in [-0.39, 0.29) is 24.3 Å². The van der Waals surface area contributed by atoms with Crippen molar-refractivity contribution in [2.24, 2.45) is 5.92 Å². The number of carbonyl (C=O) groups is 1. The summed E-state index contributed by atoms with van der Waals surface area (Å²) >= 11 is 0. The number of nitrogens with one attached hydrogen (secondary N) is 1. The normalized spacial score (nSPS) is 16.1. The van der Waals surface area contributed by atoms with Crippen LogP contribution in [-0.4, -0.2) is 42.8 Å². The molecule has 0 radical (unpaired) electrons. The molecule has 2 N–H and O–H groups in total. The molecule has 0 aliphatic carbocycles. The Morgan fingerprint density at radius 2 is 2.20 bits per heavy atom. The molecule has 20 heavy (non-hydrogen) atoms. The summed E-state index contributed by atoms with van der Waals surface area (Å²) in [6.45, 7) is 1.38. The Morgan fingerprint density at radius 3 is 2.75 bits per heavy atom. The van der Waals surface area contributed by atoms with Crippen molar-refractivity contribution in [3.8, 4) is 5.75 Å². The van der Waals surface area contributed by atoms with Crippen LogP contribution in [0.4, 0.5) is 14.9 Å². The second-order valence-corrected chi connectivity index (χ2v) is 4.89. The minimum Gasteiger partial charge on any atom is -0.494 e. The van der Waals surface area contributed by atoms with Crippen LogP contribution < -0.4 is 10.1 Å². The zero-order valence-electron chi connectivity index (χ0n) is 11.4. The van der Waals surface area contributed by atoms with Crippen LogP contribution in [0.25, 0.3) is 0 Å². The molecule has 1 aliphatic rings. The molecule has 0 aromatic heterocycles. The monoisotopic (exact) mass is 282 g/mol. The number of benzene rings is 1. The first-order valence-corrected chi connectivity index (χ1v) is 6.64. The zero-order valence-corrected chi connectivity index (χ0v) is 11.4. The number of rotatable bonds is 3. The summed E-state index contributed by atoms with van der Waals surface area (Å²) in [5.74, 6) is -0.0893. The molecule has 0 saturated carbocycles. The fraction of sp³-hybridized carbons (Fsp3) is 0.500. The fourth-order valence-electron chi connectivity index (χ4n) is 2.27. The molecule has 1 heterocycles. The van der Waals surface area contributed by atoms with Gasteiger partial charge in [0, 0.05) is 31.5 Å². The molecule has 2 amide bonds. The van der Waals surface area contributed by atoms with Crippen LogP contribution in [0, 0.1) is 11.7 Å². The number of hydrogen-bond donors (Lipinski definition) is 2.